The number of nitrogens with one attached hydrogen (secondary N) is 1. The number of H-pyrrole nitrogens is 1. The minimum absolute atomic E-state index is 0.235. The first-order valence-corrected chi connectivity index (χ1v) is 10.2. The Morgan fingerprint density at radius 2 is 1.84 bits per heavy atom. The maximum Gasteiger partial charge on any atom is 0.275 e. The van der Waals surface area contributed by atoms with Gasteiger partial charge in [0.05, 0.1) is 13.2 Å². The highest BCUT2D eigenvalue weighted by Crippen LogP contribution is 2.25. The first kappa shape index (κ1) is 20.8. The van der Waals surface area contributed by atoms with Crippen molar-refractivity contribution in [1.82, 2.24) is 19.6 Å². The number of rotatable bonds is 7. The van der Waals surface area contributed by atoms with Gasteiger partial charge in [0.15, 0.2) is 5.82 Å². The molecule has 4 rings (SSSR count). The van der Waals surface area contributed by atoms with Gasteiger partial charge in [0.25, 0.3) is 5.56 Å². The van der Waals surface area contributed by atoms with Crippen LogP contribution in [0.2, 0.25) is 0 Å². The van der Waals surface area contributed by atoms with Gasteiger partial charge in [0.2, 0.25) is 5.78 Å². The summed E-state index contributed by atoms with van der Waals surface area (Å²) in [6.45, 7) is 8.65. The Morgan fingerprint density at radius 1 is 1.06 bits per heavy atom. The van der Waals surface area contributed by atoms with Crippen LogP contribution in [-0.2, 0) is 11.3 Å². The van der Waals surface area contributed by atoms with E-state index in [1.165, 1.54) is 16.1 Å². The van der Waals surface area contributed by atoms with Crippen molar-refractivity contribution in [3.63, 3.8) is 0 Å². The number of fused-ring (bicyclic) bond motifs is 1. The average molecular weight is 418 g/mol. The smallest absolute Gasteiger partial charge is 0.275 e. The van der Waals surface area contributed by atoms with Crippen LogP contribution in [0.15, 0.2) is 59.4 Å². The second-order valence-electron chi connectivity index (χ2n) is 8.22. The number of aromatic nitrogens is 4. The molecule has 0 bridgehead atoms. The Labute approximate surface area is 180 Å². The van der Waals surface area contributed by atoms with Crippen LogP contribution in [0.5, 0.6) is 5.75 Å². The van der Waals surface area contributed by atoms with Crippen LogP contribution in [0.1, 0.15) is 30.7 Å². The largest absolute Gasteiger partial charge is 0.485 e. The molecule has 0 saturated heterocycles. The predicted octanol–water partition coefficient (Wildman–Crippen LogP) is 4.08. The summed E-state index contributed by atoms with van der Waals surface area (Å²) in [7, 11) is 0. The van der Waals surface area contributed by atoms with Gasteiger partial charge in [-0.2, -0.15) is 9.50 Å². The minimum Gasteiger partial charge on any atom is -0.485 e. The van der Waals surface area contributed by atoms with Gasteiger partial charge in [-0.15, -0.1) is 5.10 Å². The Hall–Kier alpha value is -3.45. The number of aryl methyl sites for hydroxylation is 1. The average Bonchev–Trinajstić information content (AvgIpc) is 3.17. The fourth-order valence-electron chi connectivity index (χ4n) is 3.29. The number of ether oxygens (including phenoxy) is 2. The topological polar surface area (TPSA) is 81.5 Å². The van der Waals surface area contributed by atoms with Crippen LogP contribution in [-0.4, -0.2) is 31.8 Å². The van der Waals surface area contributed by atoms with E-state index in [4.69, 9.17) is 9.47 Å². The number of hydrogen-bond donors (Lipinski definition) is 1. The molecule has 0 spiro atoms. The number of aromatic amines is 1. The summed E-state index contributed by atoms with van der Waals surface area (Å²) in [4.78, 5) is 20.1. The second kappa shape index (κ2) is 8.35. The monoisotopic (exact) mass is 418 g/mol. The van der Waals surface area contributed by atoms with Crippen LogP contribution in [0, 0.1) is 13.8 Å². The Bertz CT molecular complexity index is 1260. The van der Waals surface area contributed by atoms with E-state index in [1.54, 1.807) is 0 Å². The minimum atomic E-state index is -0.529. The lowest BCUT2D eigenvalue weighted by Crippen LogP contribution is -2.34. The van der Waals surface area contributed by atoms with Gasteiger partial charge < -0.3 is 14.5 Å². The third-order valence-corrected chi connectivity index (χ3v) is 5.07. The molecule has 0 unspecified atom stereocenters. The van der Waals surface area contributed by atoms with E-state index >= 15 is 0 Å². The molecule has 7 nitrogen and oxygen atoms in total. The maximum atomic E-state index is 12.5. The summed E-state index contributed by atoms with van der Waals surface area (Å²) >= 11 is 0. The van der Waals surface area contributed by atoms with Crippen LogP contribution in [0.25, 0.3) is 17.2 Å². The molecule has 2 heterocycles. The molecule has 0 aliphatic carbocycles. The zero-order chi connectivity index (χ0) is 22.0. The summed E-state index contributed by atoms with van der Waals surface area (Å²) in [5.41, 5.74) is 3.00. The van der Waals surface area contributed by atoms with Crippen LogP contribution < -0.4 is 10.3 Å². The molecule has 4 aromatic rings. The van der Waals surface area contributed by atoms with Crippen LogP contribution >= 0.6 is 0 Å². The quantitative estimate of drug-likeness (QED) is 0.489. The van der Waals surface area contributed by atoms with E-state index in [2.05, 4.69) is 28.1 Å². The standard InChI is InChI=1S/C24H26N4O3/c1-16-9-8-12-20(17(16)2)31-24(3,4)15-30-14-19-13-21(29)28-23(25-19)26-22(27-28)18-10-6-5-7-11-18/h5-13H,14-15H2,1-4H3,(H,25,26,27). The van der Waals surface area contributed by atoms with Gasteiger partial charge in [-0.3, -0.25) is 4.79 Å². The van der Waals surface area contributed by atoms with Gasteiger partial charge in [-0.05, 0) is 44.9 Å². The molecule has 0 fully saturated rings. The molecular formula is C24H26N4O3. The lowest BCUT2D eigenvalue weighted by molar-refractivity contribution is -0.0113. The fourth-order valence-corrected chi connectivity index (χ4v) is 3.29. The summed E-state index contributed by atoms with van der Waals surface area (Å²) < 4.78 is 13.3. The molecule has 0 radical (unpaired) electrons. The highest BCUT2D eigenvalue weighted by atomic mass is 16.5. The summed E-state index contributed by atoms with van der Waals surface area (Å²) in [5.74, 6) is 1.73. The number of nitrogens with zero attached hydrogens (tertiary/aromatic N) is 3. The van der Waals surface area contributed by atoms with Gasteiger partial charge in [-0.1, -0.05) is 42.5 Å². The number of hydrogen-bond acceptors (Lipinski definition) is 5. The van der Waals surface area contributed by atoms with Crippen LogP contribution in [0.3, 0.4) is 0 Å². The van der Waals surface area contributed by atoms with Gasteiger partial charge >= 0.3 is 0 Å². The van der Waals surface area contributed by atoms with Gasteiger partial charge in [-0.25, -0.2) is 0 Å². The van der Waals surface area contributed by atoms with Crippen molar-refractivity contribution >= 4 is 5.78 Å². The van der Waals surface area contributed by atoms with Crippen molar-refractivity contribution in [2.75, 3.05) is 6.61 Å². The summed E-state index contributed by atoms with van der Waals surface area (Å²) in [5, 5.41) is 4.31. The maximum absolute atomic E-state index is 12.5. The van der Waals surface area contributed by atoms with Crippen molar-refractivity contribution in [2.45, 2.75) is 39.9 Å². The van der Waals surface area contributed by atoms with E-state index in [9.17, 15) is 4.79 Å². The molecule has 160 valence electrons. The summed E-state index contributed by atoms with van der Waals surface area (Å²) in [6.07, 6.45) is 0. The predicted molar refractivity (Wildman–Crippen MR) is 119 cm³/mol. The van der Waals surface area contributed by atoms with Crippen molar-refractivity contribution in [1.29, 1.82) is 0 Å². The molecule has 2 aromatic carbocycles. The molecule has 31 heavy (non-hydrogen) atoms. The molecule has 0 saturated carbocycles. The van der Waals surface area contributed by atoms with Crippen molar-refractivity contribution in [3.8, 4) is 17.1 Å². The lowest BCUT2D eigenvalue weighted by atomic mass is 10.1. The van der Waals surface area contributed by atoms with Crippen molar-refractivity contribution in [2.24, 2.45) is 0 Å². The van der Waals surface area contributed by atoms with Crippen molar-refractivity contribution < 1.29 is 9.47 Å². The molecule has 7 heteroatoms. The molecular weight excluding hydrogens is 392 g/mol. The fraction of sp³-hybridized carbons (Fsp3) is 0.292. The van der Waals surface area contributed by atoms with E-state index in [-0.39, 0.29) is 12.2 Å². The van der Waals surface area contributed by atoms with E-state index in [1.807, 2.05) is 63.2 Å². The first-order valence-electron chi connectivity index (χ1n) is 10.2. The van der Waals surface area contributed by atoms with E-state index in [0.29, 0.717) is 23.9 Å². The normalized spacial score (nSPS) is 11.7. The molecule has 0 amide bonds. The lowest BCUT2D eigenvalue weighted by Gasteiger charge is -2.27. The Kier molecular flexibility index (Phi) is 5.61. The Balaban J connectivity index is 1.45. The Morgan fingerprint density at radius 3 is 2.61 bits per heavy atom. The highest BCUT2D eigenvalue weighted by molar-refractivity contribution is 5.56. The third kappa shape index (κ3) is 4.67. The molecule has 0 aliphatic rings. The number of benzene rings is 2. The highest BCUT2D eigenvalue weighted by Gasteiger charge is 2.22. The molecule has 2 aromatic heterocycles. The summed E-state index contributed by atoms with van der Waals surface area (Å²) in [6, 6.07) is 17.0. The van der Waals surface area contributed by atoms with Gasteiger partial charge in [0, 0.05) is 17.3 Å². The van der Waals surface area contributed by atoms with Crippen LogP contribution in [0.4, 0.5) is 0 Å². The van der Waals surface area contributed by atoms with E-state index in [0.717, 1.165) is 16.9 Å². The van der Waals surface area contributed by atoms with Gasteiger partial charge in [0.1, 0.15) is 11.4 Å². The first-order chi connectivity index (χ1) is 14.8. The van der Waals surface area contributed by atoms with Crippen molar-refractivity contribution in [3.05, 3.63) is 81.8 Å². The van der Waals surface area contributed by atoms with E-state index < -0.39 is 5.60 Å². The molecule has 0 atom stereocenters. The third-order valence-electron chi connectivity index (χ3n) is 5.07. The zero-order valence-corrected chi connectivity index (χ0v) is 18.2. The molecule has 1 N–H and O–H groups in total. The second-order valence-corrected chi connectivity index (χ2v) is 8.22. The SMILES string of the molecule is Cc1cccc(OC(C)(C)COCc2cc(=O)n3nc(-c4ccccc4)nc3[nH]2)c1C. The molecule has 0 aliphatic heterocycles. The zero-order valence-electron chi connectivity index (χ0n) is 18.2.